The van der Waals surface area contributed by atoms with Gasteiger partial charge in [-0.25, -0.2) is 4.79 Å². The van der Waals surface area contributed by atoms with Crippen molar-refractivity contribution in [3.05, 3.63) is 69.9 Å². The lowest BCUT2D eigenvalue weighted by molar-refractivity contribution is -0.0320. The molecular formula is C38H47ClN4O7S. The van der Waals surface area contributed by atoms with E-state index >= 15 is 0 Å². The third kappa shape index (κ3) is 6.99. The van der Waals surface area contributed by atoms with Crippen molar-refractivity contribution in [1.82, 2.24) is 9.78 Å². The number of halogens is 1. The molecule has 7 rings (SSSR count). The van der Waals surface area contributed by atoms with Gasteiger partial charge in [-0.05, 0) is 105 Å². The molecule has 3 aromatic rings. The van der Waals surface area contributed by atoms with Crippen LogP contribution in [-0.4, -0.2) is 75.2 Å². The fraction of sp³-hybridized carbons (Fsp3) is 0.553. The molecule has 51 heavy (non-hydrogen) atoms. The van der Waals surface area contributed by atoms with Crippen molar-refractivity contribution in [2.24, 2.45) is 29.2 Å². The topological polar surface area (TPSA) is 133 Å². The Bertz CT molecular complexity index is 1910. The van der Waals surface area contributed by atoms with Gasteiger partial charge in [-0.1, -0.05) is 24.6 Å². The zero-order valence-electron chi connectivity index (χ0n) is 29.6. The maximum atomic E-state index is 13.7. The van der Waals surface area contributed by atoms with Crippen LogP contribution >= 0.6 is 11.6 Å². The lowest BCUT2D eigenvalue weighted by atomic mass is 9.68. The largest absolute Gasteiger partial charge is 0.490 e. The molecule has 1 amide bonds. The van der Waals surface area contributed by atoms with E-state index in [4.69, 9.17) is 25.8 Å². The van der Waals surface area contributed by atoms with E-state index in [0.717, 1.165) is 42.8 Å². The van der Waals surface area contributed by atoms with Gasteiger partial charge in [0.1, 0.15) is 17.4 Å². The summed E-state index contributed by atoms with van der Waals surface area (Å²) in [6, 6.07) is 11.5. The van der Waals surface area contributed by atoms with Crippen LogP contribution in [0, 0.1) is 17.8 Å². The first-order chi connectivity index (χ1) is 24.5. The number of aromatic nitrogens is 2. The number of methoxy groups -OCH3 is 1. The summed E-state index contributed by atoms with van der Waals surface area (Å²) in [7, 11) is 0.871. The predicted molar refractivity (Wildman–Crippen MR) is 196 cm³/mol. The van der Waals surface area contributed by atoms with Crippen LogP contribution in [0.15, 0.2) is 47.0 Å². The number of anilines is 1. The number of carbonyl (C=O) groups is 2. The second kappa shape index (κ2) is 14.4. The van der Waals surface area contributed by atoms with E-state index in [9.17, 15) is 18.9 Å². The number of fused-ring (bicyclic) bond motifs is 4. The molecule has 3 heterocycles. The van der Waals surface area contributed by atoms with Crippen LogP contribution in [0.4, 0.5) is 5.69 Å². The zero-order chi connectivity index (χ0) is 36.0. The highest BCUT2D eigenvalue weighted by Gasteiger charge is 2.45. The van der Waals surface area contributed by atoms with Gasteiger partial charge in [-0.15, -0.1) is 5.10 Å². The van der Waals surface area contributed by atoms with Crippen LogP contribution in [0.5, 0.6) is 11.6 Å². The lowest BCUT2D eigenvalue weighted by Crippen LogP contribution is -2.50. The maximum absolute atomic E-state index is 13.7. The van der Waals surface area contributed by atoms with Gasteiger partial charge in [0, 0.05) is 64.1 Å². The smallest absolute Gasteiger partial charge is 0.345 e. The average molecular weight is 739 g/mol. The molecule has 13 heteroatoms. The Morgan fingerprint density at radius 2 is 1.96 bits per heavy atom. The summed E-state index contributed by atoms with van der Waals surface area (Å²) in [5, 5.41) is 15.7. The van der Waals surface area contributed by atoms with Gasteiger partial charge in [-0.2, -0.15) is 4.36 Å². The van der Waals surface area contributed by atoms with Gasteiger partial charge in [0.15, 0.2) is 0 Å². The monoisotopic (exact) mass is 738 g/mol. The number of amides is 1. The molecule has 1 spiro atoms. The first-order valence-electron chi connectivity index (χ1n) is 18.0. The Balaban J connectivity index is 1.28. The number of nitrogens with zero attached hydrogens (tertiary/aromatic N) is 4. The molecule has 1 aromatic heterocycles. The van der Waals surface area contributed by atoms with Crippen LogP contribution in [0.3, 0.4) is 0 Å². The van der Waals surface area contributed by atoms with E-state index in [-0.39, 0.29) is 28.7 Å². The van der Waals surface area contributed by atoms with Crippen molar-refractivity contribution < 1.29 is 33.1 Å². The molecule has 2 bridgehead atoms. The molecule has 2 aliphatic carbocycles. The van der Waals surface area contributed by atoms with Crippen molar-refractivity contribution in [2.45, 2.75) is 81.7 Å². The molecule has 8 atom stereocenters. The summed E-state index contributed by atoms with van der Waals surface area (Å²) in [5.74, 6) is -0.405. The van der Waals surface area contributed by atoms with Crippen molar-refractivity contribution in [3.63, 3.8) is 0 Å². The van der Waals surface area contributed by atoms with Gasteiger partial charge in [-0.3, -0.25) is 13.7 Å². The Labute approximate surface area is 305 Å². The van der Waals surface area contributed by atoms with E-state index in [1.165, 1.54) is 22.9 Å². The number of aliphatic hydroxyl groups excluding tert-OH is 1. The molecule has 11 nitrogen and oxygen atoms in total. The normalized spacial score (nSPS) is 31.2. The number of hydrogen-bond acceptors (Lipinski definition) is 9. The molecule has 1 unspecified atom stereocenters. The molecule has 2 aromatic carbocycles. The van der Waals surface area contributed by atoms with Crippen LogP contribution in [0.2, 0.25) is 5.02 Å². The molecule has 4 aliphatic rings. The van der Waals surface area contributed by atoms with Gasteiger partial charge >= 0.3 is 5.97 Å². The van der Waals surface area contributed by atoms with Crippen molar-refractivity contribution in [1.29, 1.82) is 0 Å². The number of rotatable bonds is 3. The molecule has 2 aliphatic heterocycles. The van der Waals surface area contributed by atoms with Crippen LogP contribution < -0.4 is 14.4 Å². The van der Waals surface area contributed by atoms with E-state index in [0.29, 0.717) is 43.9 Å². The van der Waals surface area contributed by atoms with Crippen molar-refractivity contribution in [2.75, 3.05) is 31.7 Å². The minimum atomic E-state index is -2.32. The van der Waals surface area contributed by atoms with E-state index < -0.39 is 45.8 Å². The number of ether oxygens (including phenoxy) is 3. The summed E-state index contributed by atoms with van der Waals surface area (Å²) >= 11 is 6.45. The highest BCUT2D eigenvalue weighted by atomic mass is 35.5. The third-order valence-electron chi connectivity index (χ3n) is 11.8. The molecule has 1 saturated carbocycles. The number of aryl methyl sites for hydroxylation is 2. The van der Waals surface area contributed by atoms with Crippen molar-refractivity contribution in [3.8, 4) is 11.6 Å². The Hall–Kier alpha value is -3.61. The summed E-state index contributed by atoms with van der Waals surface area (Å²) in [4.78, 5) is 29.5. The second-order valence-corrected chi connectivity index (χ2v) is 17.0. The van der Waals surface area contributed by atoms with Gasteiger partial charge < -0.3 is 24.2 Å². The Morgan fingerprint density at radius 1 is 1.14 bits per heavy atom. The molecule has 0 saturated heterocycles. The van der Waals surface area contributed by atoms with Crippen LogP contribution in [0.25, 0.3) is 0 Å². The van der Waals surface area contributed by atoms with Gasteiger partial charge in [0.25, 0.3) is 5.91 Å². The summed E-state index contributed by atoms with van der Waals surface area (Å²) in [6.45, 7) is 5.36. The Kier molecular flexibility index (Phi) is 10.1. The highest BCUT2D eigenvalue weighted by Crippen LogP contribution is 2.47. The molecule has 274 valence electrons. The average Bonchev–Trinajstić information content (AvgIpc) is 3.42. The third-order valence-corrected chi connectivity index (χ3v) is 13.6. The van der Waals surface area contributed by atoms with E-state index in [1.54, 1.807) is 26.2 Å². The van der Waals surface area contributed by atoms with Gasteiger partial charge in [0.2, 0.25) is 5.88 Å². The van der Waals surface area contributed by atoms with E-state index in [2.05, 4.69) is 26.5 Å². The molecular weight excluding hydrogens is 692 g/mol. The number of esters is 1. The number of carbonyl (C=O) groups excluding carboxylic acids is 2. The Morgan fingerprint density at radius 3 is 2.73 bits per heavy atom. The molecule has 1 N–H and O–H groups in total. The fourth-order valence-electron chi connectivity index (χ4n) is 8.52. The minimum absolute atomic E-state index is 0.0296. The summed E-state index contributed by atoms with van der Waals surface area (Å²) in [5.41, 5.74) is 3.55. The molecule has 0 radical (unpaired) electrons. The first kappa shape index (κ1) is 35.8. The predicted octanol–water partition coefficient (Wildman–Crippen LogP) is 5.79. The number of hydrogen-bond donors (Lipinski definition) is 2. The standard InChI is InChI=1S/C38H47ClN4O7S/c1-22-23(2)51(47)41-35(45)25-8-13-34-31(17-25)43(20-38(21-49-34)15-5-6-24-16-27(39)9-11-30(24)38)18-26-7-10-28(26)33(14-12-32(22)44)50-37(46)29-19-42(3)40-36(29)48-4/h8-9,11,13,16-17,19,22-23,26,28,32-33,44,51H,5-7,10,12,14-15,18,20-21H2,1-4H3/t22-,23-,26+,28-,32+,33+,38+/m1/s1. The summed E-state index contributed by atoms with van der Waals surface area (Å²) < 4.78 is 37.4. The first-order valence-corrected chi connectivity index (χ1v) is 19.6. The summed E-state index contributed by atoms with van der Waals surface area (Å²) in [6.07, 6.45) is 5.71. The van der Waals surface area contributed by atoms with E-state index in [1.807, 2.05) is 25.1 Å². The SMILES string of the molecule is COc1nn(C)cc1C(=O)O[C@H]1CC[C@H](O)[C@H](C)[C@@H](C)/[SH](=O)=N\C(=O)c2ccc3c(c2)N(C[C@@H]2CC[C@H]21)C[C@@]1(CCCc2cc(Cl)ccc21)CO3. The maximum Gasteiger partial charge on any atom is 0.345 e. The fourth-order valence-corrected chi connectivity index (χ4v) is 9.79. The van der Waals surface area contributed by atoms with Crippen molar-refractivity contribution >= 4 is 39.8 Å². The lowest BCUT2D eigenvalue weighted by Gasteiger charge is -2.46. The zero-order valence-corrected chi connectivity index (χ0v) is 31.2. The highest BCUT2D eigenvalue weighted by molar-refractivity contribution is 7.76. The number of thiol groups is 1. The number of aliphatic hydroxyl groups is 1. The quantitative estimate of drug-likeness (QED) is 0.253. The van der Waals surface area contributed by atoms with Crippen LogP contribution in [0.1, 0.15) is 84.2 Å². The minimum Gasteiger partial charge on any atom is -0.490 e. The van der Waals surface area contributed by atoms with Gasteiger partial charge in [0.05, 0.1) is 25.5 Å². The molecule has 1 fully saturated rings. The van der Waals surface area contributed by atoms with Crippen LogP contribution in [-0.2, 0) is 34.2 Å². The number of benzene rings is 2. The second-order valence-electron chi connectivity index (χ2n) is 14.9.